The molecule has 0 amide bonds. The van der Waals surface area contributed by atoms with Gasteiger partial charge in [0, 0.05) is 36.9 Å². The second kappa shape index (κ2) is 17.3. The number of hydrogen-bond acceptors (Lipinski definition) is 8. The summed E-state index contributed by atoms with van der Waals surface area (Å²) < 4.78 is 29.7. The minimum Gasteiger partial charge on any atom is -0.496 e. The van der Waals surface area contributed by atoms with Gasteiger partial charge in [0.25, 0.3) is 0 Å². The van der Waals surface area contributed by atoms with Gasteiger partial charge in [-0.1, -0.05) is 66.7 Å². The highest BCUT2D eigenvalue weighted by Gasteiger charge is 2.35. The predicted molar refractivity (Wildman–Crippen MR) is 175 cm³/mol. The van der Waals surface area contributed by atoms with E-state index in [0.29, 0.717) is 33.0 Å². The van der Waals surface area contributed by atoms with Gasteiger partial charge in [-0.3, -0.25) is 0 Å². The van der Waals surface area contributed by atoms with E-state index in [1.807, 2.05) is 42.5 Å². The average Bonchev–Trinajstić information content (AvgIpc) is 3.09. The summed E-state index contributed by atoms with van der Waals surface area (Å²) >= 11 is 0. The van der Waals surface area contributed by atoms with Gasteiger partial charge < -0.3 is 39.2 Å². The highest BCUT2D eigenvalue weighted by atomic mass is 16.5. The molecular formula is C37H45NO7. The van der Waals surface area contributed by atoms with Crippen molar-refractivity contribution in [1.82, 2.24) is 5.32 Å². The van der Waals surface area contributed by atoms with Crippen LogP contribution in [0.5, 0.6) is 11.5 Å². The van der Waals surface area contributed by atoms with Crippen molar-refractivity contribution < 1.29 is 33.9 Å². The van der Waals surface area contributed by atoms with Crippen LogP contribution in [-0.2, 0) is 27.4 Å². The highest BCUT2D eigenvalue weighted by molar-refractivity contribution is 5.82. The summed E-state index contributed by atoms with van der Waals surface area (Å²) in [5.74, 6) is 1.85. The first-order chi connectivity index (χ1) is 22.1. The number of nitrogens with one attached hydrogen (secondary N) is 1. The van der Waals surface area contributed by atoms with Gasteiger partial charge in [0.1, 0.15) is 17.6 Å². The third kappa shape index (κ3) is 9.50. The molecule has 0 radical (unpaired) electrons. The molecule has 45 heavy (non-hydrogen) atoms. The summed E-state index contributed by atoms with van der Waals surface area (Å²) in [6.45, 7) is 3.86. The number of ether oxygens (including phenoxy) is 5. The molecule has 1 saturated heterocycles. The molecule has 0 bridgehead atoms. The fraction of sp³-hybridized carbons (Fsp3) is 0.405. The second-order valence-corrected chi connectivity index (χ2v) is 11.5. The second-order valence-electron chi connectivity index (χ2n) is 11.5. The van der Waals surface area contributed by atoms with Crippen LogP contribution in [0.15, 0.2) is 91.0 Å². The number of para-hydroxylation sites is 1. The standard InChI is InChI=1S/C37H45NO7/c1-41-35-10-5-4-9-31(35)24-42-17-6-18-44-34-15-13-29(14-16-34)37-32(25-43-26-33(40)22-39)20-38-21-36(37)45-23-27-11-12-28-7-2-3-8-30(28)19-27/h2-5,7-16,19,32-33,36-40H,6,17-18,20-26H2,1H3/t32-,33+,36-,37-/m0/s1. The van der Waals surface area contributed by atoms with Crippen LogP contribution in [0.25, 0.3) is 10.8 Å². The Bertz CT molecular complexity index is 1450. The fourth-order valence-corrected chi connectivity index (χ4v) is 5.86. The quantitative estimate of drug-likeness (QED) is 0.141. The van der Waals surface area contributed by atoms with E-state index in [9.17, 15) is 10.2 Å². The monoisotopic (exact) mass is 615 g/mol. The Morgan fingerprint density at radius 3 is 2.47 bits per heavy atom. The van der Waals surface area contributed by atoms with E-state index in [1.165, 1.54) is 10.8 Å². The highest BCUT2D eigenvalue weighted by Crippen LogP contribution is 2.34. The van der Waals surface area contributed by atoms with Crippen LogP contribution in [0.2, 0.25) is 0 Å². The van der Waals surface area contributed by atoms with Gasteiger partial charge >= 0.3 is 0 Å². The lowest BCUT2D eigenvalue weighted by Gasteiger charge is -2.39. The number of aliphatic hydroxyl groups is 2. The van der Waals surface area contributed by atoms with Crippen LogP contribution >= 0.6 is 0 Å². The number of methoxy groups -OCH3 is 1. The van der Waals surface area contributed by atoms with Crippen molar-refractivity contribution in [2.75, 3.05) is 53.2 Å². The number of aliphatic hydroxyl groups excluding tert-OH is 2. The molecule has 4 aromatic carbocycles. The predicted octanol–water partition coefficient (Wildman–Crippen LogP) is 5.09. The lowest BCUT2D eigenvalue weighted by molar-refractivity contribution is -0.0416. The number of rotatable bonds is 17. The summed E-state index contributed by atoms with van der Waals surface area (Å²) in [5, 5.41) is 24.9. The zero-order chi connectivity index (χ0) is 31.3. The lowest BCUT2D eigenvalue weighted by atomic mass is 9.79. The van der Waals surface area contributed by atoms with Crippen molar-refractivity contribution >= 4 is 10.8 Å². The first kappa shape index (κ1) is 32.9. The topological polar surface area (TPSA) is 98.6 Å². The molecule has 0 aliphatic carbocycles. The third-order valence-corrected chi connectivity index (χ3v) is 8.21. The molecule has 4 atom stereocenters. The van der Waals surface area contributed by atoms with Crippen molar-refractivity contribution in [3.8, 4) is 11.5 Å². The van der Waals surface area contributed by atoms with Crippen molar-refractivity contribution in [2.24, 2.45) is 5.92 Å². The molecule has 1 fully saturated rings. The largest absolute Gasteiger partial charge is 0.496 e. The molecule has 240 valence electrons. The maximum Gasteiger partial charge on any atom is 0.124 e. The number of piperidine rings is 1. The van der Waals surface area contributed by atoms with E-state index in [1.54, 1.807) is 7.11 Å². The van der Waals surface area contributed by atoms with Crippen LogP contribution in [0.3, 0.4) is 0 Å². The summed E-state index contributed by atoms with van der Waals surface area (Å²) in [4.78, 5) is 0. The maximum atomic E-state index is 9.79. The molecule has 1 heterocycles. The van der Waals surface area contributed by atoms with E-state index in [0.717, 1.165) is 47.7 Å². The van der Waals surface area contributed by atoms with Crippen molar-refractivity contribution in [2.45, 2.75) is 37.8 Å². The summed E-state index contributed by atoms with van der Waals surface area (Å²) in [7, 11) is 1.67. The number of fused-ring (bicyclic) bond motifs is 1. The number of hydrogen-bond donors (Lipinski definition) is 3. The Hall–Kier alpha value is -3.50. The molecule has 0 saturated carbocycles. The van der Waals surface area contributed by atoms with E-state index < -0.39 is 6.10 Å². The van der Waals surface area contributed by atoms with Crippen molar-refractivity contribution in [1.29, 1.82) is 0 Å². The molecule has 8 heteroatoms. The molecule has 0 unspecified atom stereocenters. The van der Waals surface area contributed by atoms with E-state index >= 15 is 0 Å². The van der Waals surface area contributed by atoms with Gasteiger partial charge in [-0.25, -0.2) is 0 Å². The van der Waals surface area contributed by atoms with Gasteiger partial charge in [0.2, 0.25) is 0 Å². The van der Waals surface area contributed by atoms with Crippen molar-refractivity contribution in [3.05, 3.63) is 108 Å². The molecule has 1 aliphatic heterocycles. The van der Waals surface area contributed by atoms with Gasteiger partial charge in [-0.05, 0) is 46.2 Å². The summed E-state index contributed by atoms with van der Waals surface area (Å²) in [6.07, 6.45) is -0.189. The molecule has 5 rings (SSSR count). The van der Waals surface area contributed by atoms with E-state index in [4.69, 9.17) is 23.7 Å². The van der Waals surface area contributed by atoms with Crippen LogP contribution in [-0.4, -0.2) is 75.7 Å². The zero-order valence-electron chi connectivity index (χ0n) is 26.0. The lowest BCUT2D eigenvalue weighted by Crippen LogP contribution is -2.48. The fourth-order valence-electron chi connectivity index (χ4n) is 5.86. The van der Waals surface area contributed by atoms with Gasteiger partial charge in [0.05, 0.1) is 59.5 Å². The van der Waals surface area contributed by atoms with Gasteiger partial charge in [-0.15, -0.1) is 0 Å². The molecule has 0 aromatic heterocycles. The van der Waals surface area contributed by atoms with Gasteiger partial charge in [0.15, 0.2) is 0 Å². The third-order valence-electron chi connectivity index (χ3n) is 8.21. The molecule has 4 aromatic rings. The molecule has 3 N–H and O–H groups in total. The minimum absolute atomic E-state index is 0.0752. The van der Waals surface area contributed by atoms with E-state index in [2.05, 4.69) is 53.8 Å². The average molecular weight is 616 g/mol. The minimum atomic E-state index is -0.886. The Morgan fingerprint density at radius 1 is 0.844 bits per heavy atom. The maximum absolute atomic E-state index is 9.79. The molecule has 0 spiro atoms. The Balaban J connectivity index is 1.17. The van der Waals surface area contributed by atoms with Crippen LogP contribution in [0.1, 0.15) is 29.0 Å². The first-order valence-corrected chi connectivity index (χ1v) is 15.7. The molecule has 1 aliphatic rings. The Kier molecular flexibility index (Phi) is 12.6. The van der Waals surface area contributed by atoms with Crippen LogP contribution in [0.4, 0.5) is 0 Å². The zero-order valence-corrected chi connectivity index (χ0v) is 26.0. The summed E-state index contributed by atoms with van der Waals surface area (Å²) in [5.41, 5.74) is 3.32. The van der Waals surface area contributed by atoms with E-state index in [-0.39, 0.29) is 31.2 Å². The smallest absolute Gasteiger partial charge is 0.124 e. The normalized spacial score (nSPS) is 19.0. The Morgan fingerprint density at radius 2 is 1.64 bits per heavy atom. The van der Waals surface area contributed by atoms with Crippen molar-refractivity contribution in [3.63, 3.8) is 0 Å². The van der Waals surface area contributed by atoms with Crippen LogP contribution in [0, 0.1) is 5.92 Å². The molecular weight excluding hydrogens is 570 g/mol. The first-order valence-electron chi connectivity index (χ1n) is 15.7. The molecule has 8 nitrogen and oxygen atoms in total. The van der Waals surface area contributed by atoms with Crippen LogP contribution < -0.4 is 14.8 Å². The Labute approximate surface area is 265 Å². The number of benzene rings is 4. The van der Waals surface area contributed by atoms with Gasteiger partial charge in [-0.2, -0.15) is 0 Å². The SMILES string of the molecule is COc1ccccc1COCCCOc1ccc([C@H]2[C@H](COC[C@H](O)CO)CNC[C@@H]2OCc2ccc3ccccc3c2)cc1. The summed E-state index contributed by atoms with van der Waals surface area (Å²) in [6, 6.07) is 30.9.